The number of hydrogen-bond donors (Lipinski definition) is 1. The summed E-state index contributed by atoms with van der Waals surface area (Å²) in [6.45, 7) is 2.95. The maximum atomic E-state index is 6.41. The Labute approximate surface area is 120 Å². The number of nitrogens with two attached hydrogens (primary N) is 1. The normalized spacial score (nSPS) is 24.1. The average molecular weight is 285 g/mol. The van der Waals surface area contributed by atoms with Gasteiger partial charge in [0.2, 0.25) is 0 Å². The van der Waals surface area contributed by atoms with E-state index in [9.17, 15) is 0 Å². The van der Waals surface area contributed by atoms with E-state index in [0.29, 0.717) is 12.1 Å². The van der Waals surface area contributed by atoms with Crippen LogP contribution in [0.4, 0.5) is 0 Å². The molecule has 0 saturated heterocycles. The van der Waals surface area contributed by atoms with Gasteiger partial charge in [-0.2, -0.15) is 5.10 Å². The summed E-state index contributed by atoms with van der Waals surface area (Å²) in [5.41, 5.74) is 8.09. The summed E-state index contributed by atoms with van der Waals surface area (Å²) in [6, 6.07) is 1.02. The zero-order chi connectivity index (χ0) is 14.0. The number of aryl methyl sites for hydroxylation is 2. The van der Waals surface area contributed by atoms with Gasteiger partial charge in [-0.1, -0.05) is 18.5 Å². The lowest BCUT2D eigenvalue weighted by atomic mass is 9.91. The summed E-state index contributed by atoms with van der Waals surface area (Å²) in [7, 11) is 4.15. The smallest absolute Gasteiger partial charge is 0.0863 e. The van der Waals surface area contributed by atoms with Crippen molar-refractivity contribution in [3.63, 3.8) is 0 Å². The van der Waals surface area contributed by atoms with E-state index in [2.05, 4.69) is 24.0 Å². The van der Waals surface area contributed by atoms with E-state index in [0.717, 1.165) is 42.2 Å². The van der Waals surface area contributed by atoms with Crippen LogP contribution >= 0.6 is 11.6 Å². The summed E-state index contributed by atoms with van der Waals surface area (Å²) in [5, 5.41) is 5.31. The molecule has 0 unspecified atom stereocenters. The van der Waals surface area contributed by atoms with Crippen molar-refractivity contribution in [1.82, 2.24) is 14.7 Å². The van der Waals surface area contributed by atoms with Crippen LogP contribution in [0.15, 0.2) is 0 Å². The van der Waals surface area contributed by atoms with Gasteiger partial charge >= 0.3 is 0 Å². The first kappa shape index (κ1) is 14.8. The average Bonchev–Trinajstić information content (AvgIpc) is 2.67. The zero-order valence-corrected chi connectivity index (χ0v) is 13.0. The van der Waals surface area contributed by atoms with Gasteiger partial charge in [0, 0.05) is 25.7 Å². The molecule has 1 fully saturated rings. The molecule has 1 aliphatic carbocycles. The molecule has 1 aromatic heterocycles. The van der Waals surface area contributed by atoms with Crippen molar-refractivity contribution >= 4 is 11.6 Å². The van der Waals surface area contributed by atoms with Gasteiger partial charge in [-0.3, -0.25) is 9.58 Å². The molecular formula is C14H25ClN4. The van der Waals surface area contributed by atoms with Crippen molar-refractivity contribution in [2.24, 2.45) is 12.8 Å². The van der Waals surface area contributed by atoms with E-state index >= 15 is 0 Å². The molecule has 0 bridgehead atoms. The minimum atomic E-state index is 0.400. The zero-order valence-electron chi connectivity index (χ0n) is 12.2. The molecule has 0 aliphatic heterocycles. The van der Waals surface area contributed by atoms with E-state index in [4.69, 9.17) is 17.3 Å². The topological polar surface area (TPSA) is 47.1 Å². The van der Waals surface area contributed by atoms with E-state index in [-0.39, 0.29) is 0 Å². The highest BCUT2D eigenvalue weighted by Gasteiger charge is 2.23. The maximum absolute atomic E-state index is 6.41. The first-order valence-corrected chi connectivity index (χ1v) is 7.56. The van der Waals surface area contributed by atoms with Crippen LogP contribution in [-0.4, -0.2) is 33.8 Å². The number of nitrogens with zero attached hydrogens (tertiary/aromatic N) is 3. The van der Waals surface area contributed by atoms with E-state index in [1.807, 2.05) is 11.7 Å². The van der Waals surface area contributed by atoms with E-state index in [1.165, 1.54) is 12.8 Å². The van der Waals surface area contributed by atoms with Crippen molar-refractivity contribution in [3.05, 3.63) is 16.4 Å². The fourth-order valence-corrected chi connectivity index (χ4v) is 3.25. The maximum Gasteiger partial charge on any atom is 0.0863 e. The van der Waals surface area contributed by atoms with Crippen LogP contribution < -0.4 is 5.73 Å². The van der Waals surface area contributed by atoms with Crippen LogP contribution in [0.3, 0.4) is 0 Å². The standard InChI is InChI=1S/C14H25ClN4/c1-4-12-14(15)13(19(3)17-12)9-18(2)11-7-5-10(16)6-8-11/h10-11H,4-9,16H2,1-3H3. The van der Waals surface area contributed by atoms with Gasteiger partial charge in [0.25, 0.3) is 0 Å². The highest BCUT2D eigenvalue weighted by atomic mass is 35.5. The minimum Gasteiger partial charge on any atom is -0.328 e. The Kier molecular flexibility index (Phi) is 4.87. The molecule has 0 amide bonds. The Bertz CT molecular complexity index is 421. The molecule has 5 heteroatoms. The summed E-state index contributed by atoms with van der Waals surface area (Å²) >= 11 is 6.41. The van der Waals surface area contributed by atoms with Crippen LogP contribution in [0.1, 0.15) is 44.0 Å². The van der Waals surface area contributed by atoms with Gasteiger partial charge < -0.3 is 5.73 Å². The van der Waals surface area contributed by atoms with Gasteiger partial charge in [-0.15, -0.1) is 0 Å². The highest BCUT2D eigenvalue weighted by Crippen LogP contribution is 2.26. The van der Waals surface area contributed by atoms with E-state index < -0.39 is 0 Å². The molecule has 108 valence electrons. The summed E-state index contributed by atoms with van der Waals surface area (Å²) in [5.74, 6) is 0. The fraction of sp³-hybridized carbons (Fsp3) is 0.786. The SMILES string of the molecule is CCc1nn(C)c(CN(C)C2CCC(N)CC2)c1Cl. The Morgan fingerprint density at radius 1 is 1.37 bits per heavy atom. The second-order valence-electron chi connectivity index (χ2n) is 5.67. The summed E-state index contributed by atoms with van der Waals surface area (Å²) in [6.07, 6.45) is 5.53. The molecule has 0 aromatic carbocycles. The Morgan fingerprint density at radius 3 is 2.53 bits per heavy atom. The molecule has 1 aromatic rings. The Balaban J connectivity index is 2.02. The van der Waals surface area contributed by atoms with Gasteiger partial charge in [-0.05, 0) is 39.2 Å². The Morgan fingerprint density at radius 2 is 2.00 bits per heavy atom. The third-order valence-electron chi connectivity index (χ3n) is 4.27. The molecule has 0 atom stereocenters. The van der Waals surface area contributed by atoms with E-state index in [1.54, 1.807) is 0 Å². The molecular weight excluding hydrogens is 260 g/mol. The molecule has 4 nitrogen and oxygen atoms in total. The lowest BCUT2D eigenvalue weighted by Crippen LogP contribution is -2.38. The monoisotopic (exact) mass is 284 g/mol. The van der Waals surface area contributed by atoms with Crippen LogP contribution in [0.25, 0.3) is 0 Å². The quantitative estimate of drug-likeness (QED) is 0.923. The van der Waals surface area contributed by atoms with Crippen molar-refractivity contribution in [1.29, 1.82) is 0 Å². The predicted molar refractivity (Wildman–Crippen MR) is 79.3 cm³/mol. The Hall–Kier alpha value is -0.580. The molecule has 1 saturated carbocycles. The van der Waals surface area contributed by atoms with Crippen LogP contribution in [0.2, 0.25) is 5.02 Å². The lowest BCUT2D eigenvalue weighted by molar-refractivity contribution is 0.173. The molecule has 19 heavy (non-hydrogen) atoms. The highest BCUT2D eigenvalue weighted by molar-refractivity contribution is 6.31. The molecule has 1 aliphatic rings. The molecule has 0 spiro atoms. The second kappa shape index (κ2) is 6.25. The van der Waals surface area contributed by atoms with Crippen molar-refractivity contribution in [3.8, 4) is 0 Å². The van der Waals surface area contributed by atoms with Crippen molar-refractivity contribution in [2.75, 3.05) is 7.05 Å². The van der Waals surface area contributed by atoms with Gasteiger partial charge in [0.1, 0.15) is 0 Å². The largest absolute Gasteiger partial charge is 0.328 e. The molecule has 2 rings (SSSR count). The van der Waals surface area contributed by atoms with Gasteiger partial charge in [0.15, 0.2) is 0 Å². The number of rotatable bonds is 4. The third-order valence-corrected chi connectivity index (χ3v) is 4.70. The third kappa shape index (κ3) is 3.30. The number of aromatic nitrogens is 2. The molecule has 0 radical (unpaired) electrons. The lowest BCUT2D eigenvalue weighted by Gasteiger charge is -2.33. The number of hydrogen-bond acceptors (Lipinski definition) is 3. The summed E-state index contributed by atoms with van der Waals surface area (Å²) < 4.78 is 1.92. The number of halogens is 1. The van der Waals surface area contributed by atoms with Crippen molar-refractivity contribution < 1.29 is 0 Å². The van der Waals surface area contributed by atoms with Gasteiger partial charge in [0.05, 0.1) is 16.4 Å². The predicted octanol–water partition coefficient (Wildman–Crippen LogP) is 2.34. The first-order chi connectivity index (χ1) is 9.02. The fourth-order valence-electron chi connectivity index (χ4n) is 2.90. The van der Waals surface area contributed by atoms with Crippen LogP contribution in [0.5, 0.6) is 0 Å². The first-order valence-electron chi connectivity index (χ1n) is 7.19. The molecule has 2 N–H and O–H groups in total. The summed E-state index contributed by atoms with van der Waals surface area (Å²) in [4.78, 5) is 2.40. The minimum absolute atomic E-state index is 0.400. The van der Waals surface area contributed by atoms with Crippen LogP contribution in [-0.2, 0) is 20.0 Å². The van der Waals surface area contributed by atoms with Gasteiger partial charge in [-0.25, -0.2) is 0 Å². The van der Waals surface area contributed by atoms with Crippen molar-refractivity contribution in [2.45, 2.75) is 57.7 Å². The van der Waals surface area contributed by atoms with Crippen LogP contribution in [0, 0.1) is 0 Å². The second-order valence-corrected chi connectivity index (χ2v) is 6.05. The molecule has 1 heterocycles.